The van der Waals surface area contributed by atoms with Crippen LogP contribution in [0.1, 0.15) is 46.6 Å². The molecule has 7 heteroatoms. The van der Waals surface area contributed by atoms with Crippen molar-refractivity contribution in [2.45, 2.75) is 54.0 Å². The molecule has 1 aromatic carbocycles. The van der Waals surface area contributed by atoms with Crippen molar-refractivity contribution in [3.8, 4) is 0 Å². The maximum atomic E-state index is 12.7. The molecule has 27 heavy (non-hydrogen) atoms. The quantitative estimate of drug-likeness (QED) is 0.505. The Morgan fingerprint density at radius 3 is 2.59 bits per heavy atom. The highest BCUT2D eigenvalue weighted by Gasteiger charge is 2.34. The molecule has 1 aromatic rings. The molecular weight excluding hydrogens is 362 g/mol. The van der Waals surface area contributed by atoms with E-state index in [1.807, 2.05) is 27.7 Å². The van der Waals surface area contributed by atoms with E-state index in [0.29, 0.717) is 18.2 Å². The number of nitro benzene ring substituents is 1. The first-order valence-corrected chi connectivity index (χ1v) is 10.2. The average molecular weight is 392 g/mol. The van der Waals surface area contributed by atoms with Crippen molar-refractivity contribution in [3.05, 3.63) is 33.9 Å². The summed E-state index contributed by atoms with van der Waals surface area (Å²) in [5.41, 5.74) is 1.13. The number of carbonyl (C=O) groups excluding carboxylic acids is 1. The van der Waals surface area contributed by atoms with Gasteiger partial charge >= 0.3 is 0 Å². The summed E-state index contributed by atoms with van der Waals surface area (Å²) in [6.45, 7) is 12.4. The summed E-state index contributed by atoms with van der Waals surface area (Å²) in [7, 11) is 0. The molecular formula is C20H29N3O3S. The summed E-state index contributed by atoms with van der Waals surface area (Å²) in [6, 6.07) is 4.97. The van der Waals surface area contributed by atoms with Crippen molar-refractivity contribution in [2.75, 3.05) is 12.3 Å². The lowest BCUT2D eigenvalue weighted by Crippen LogP contribution is -2.42. The van der Waals surface area contributed by atoms with Crippen LogP contribution in [0.2, 0.25) is 0 Å². The van der Waals surface area contributed by atoms with Crippen LogP contribution in [0.25, 0.3) is 0 Å². The van der Waals surface area contributed by atoms with E-state index >= 15 is 0 Å². The predicted molar refractivity (Wildman–Crippen MR) is 112 cm³/mol. The van der Waals surface area contributed by atoms with Crippen molar-refractivity contribution in [3.63, 3.8) is 0 Å². The third-order valence-electron chi connectivity index (χ3n) is 4.59. The second-order valence-electron chi connectivity index (χ2n) is 8.52. The minimum absolute atomic E-state index is 0.0629. The second-order valence-corrected chi connectivity index (χ2v) is 9.50. The number of Topliss-reactive ketones (excluding diaryl/α,β-unsaturated/α-hetero) is 1. The van der Waals surface area contributed by atoms with E-state index in [2.05, 4.69) is 18.7 Å². The van der Waals surface area contributed by atoms with Gasteiger partial charge in [-0.05, 0) is 30.9 Å². The Balaban J connectivity index is 2.33. The molecule has 1 aliphatic rings. The largest absolute Gasteiger partial charge is 0.340 e. The molecule has 1 fully saturated rings. The molecule has 0 aromatic heterocycles. The van der Waals surface area contributed by atoms with Gasteiger partial charge in [-0.1, -0.05) is 46.4 Å². The summed E-state index contributed by atoms with van der Waals surface area (Å²) < 4.78 is 0. The molecule has 2 rings (SSSR count). The zero-order valence-electron chi connectivity index (χ0n) is 17.0. The van der Waals surface area contributed by atoms with E-state index in [1.165, 1.54) is 12.1 Å². The summed E-state index contributed by atoms with van der Waals surface area (Å²) >= 11 is 1.66. The van der Waals surface area contributed by atoms with Crippen LogP contribution in [0.4, 0.5) is 11.4 Å². The van der Waals surface area contributed by atoms with Gasteiger partial charge in [-0.25, -0.2) is 4.99 Å². The third-order valence-corrected chi connectivity index (χ3v) is 5.73. The average Bonchev–Trinajstić information content (AvgIpc) is 2.89. The fourth-order valence-corrected chi connectivity index (χ4v) is 4.11. The first kappa shape index (κ1) is 21.4. The molecule has 148 valence electrons. The number of hydrogen-bond donors (Lipinski definition) is 0. The highest BCUT2D eigenvalue weighted by Crippen LogP contribution is 2.33. The highest BCUT2D eigenvalue weighted by atomic mass is 32.2. The monoisotopic (exact) mass is 391 g/mol. The fourth-order valence-electron chi connectivity index (χ4n) is 2.91. The number of nitrogens with zero attached hydrogens (tertiary/aromatic N) is 3. The number of amidine groups is 1. The van der Waals surface area contributed by atoms with Crippen LogP contribution in [0.5, 0.6) is 0 Å². The number of aliphatic imine (C=N–C) groups is 1. The number of aryl methyl sites for hydroxylation is 1. The first-order chi connectivity index (χ1) is 12.5. The normalized spacial score (nSPS) is 19.1. The molecule has 0 saturated carbocycles. The molecule has 1 atom stereocenters. The minimum atomic E-state index is -0.402. The molecule has 0 aliphatic carbocycles. The topological polar surface area (TPSA) is 75.8 Å². The maximum Gasteiger partial charge on any atom is 0.269 e. The Bertz CT molecular complexity index is 753. The summed E-state index contributed by atoms with van der Waals surface area (Å²) in [4.78, 5) is 30.1. The molecule has 1 heterocycles. The zero-order chi connectivity index (χ0) is 20.4. The number of carbonyl (C=O) groups is 1. The second kappa shape index (κ2) is 8.42. The van der Waals surface area contributed by atoms with Gasteiger partial charge in [-0.15, -0.1) is 0 Å². The SMILES string of the molecule is Cc1cc([N+](=O)[O-])ccc1N=C1SCC(CC(C)C)N1CC(=O)C(C)(C)C. The van der Waals surface area contributed by atoms with Crippen LogP contribution in [-0.4, -0.2) is 39.1 Å². The maximum absolute atomic E-state index is 12.7. The van der Waals surface area contributed by atoms with E-state index < -0.39 is 10.3 Å². The van der Waals surface area contributed by atoms with Gasteiger partial charge in [0.15, 0.2) is 11.0 Å². The molecule has 1 unspecified atom stereocenters. The van der Waals surface area contributed by atoms with Crippen LogP contribution in [0, 0.1) is 28.4 Å². The molecule has 1 aliphatic heterocycles. The van der Waals surface area contributed by atoms with Gasteiger partial charge in [0.25, 0.3) is 5.69 Å². The van der Waals surface area contributed by atoms with Crippen LogP contribution in [0.15, 0.2) is 23.2 Å². The molecule has 0 amide bonds. The number of non-ortho nitro benzene ring substituents is 1. The number of benzene rings is 1. The standard InChI is InChI=1S/C20H29N3O3S/c1-13(2)9-16-12-27-19(22(16)11-18(24)20(4,5)6)21-17-8-7-15(23(25)26)10-14(17)3/h7-8,10,13,16H,9,11-12H2,1-6H3. The molecule has 0 spiro atoms. The van der Waals surface area contributed by atoms with Crippen molar-refractivity contribution in [2.24, 2.45) is 16.3 Å². The Labute approximate surface area is 165 Å². The Morgan fingerprint density at radius 1 is 1.41 bits per heavy atom. The van der Waals surface area contributed by atoms with Gasteiger partial charge in [0, 0.05) is 29.3 Å². The lowest BCUT2D eigenvalue weighted by atomic mass is 9.90. The molecule has 1 saturated heterocycles. The number of rotatable bonds is 6. The van der Waals surface area contributed by atoms with E-state index in [9.17, 15) is 14.9 Å². The zero-order valence-corrected chi connectivity index (χ0v) is 17.8. The summed E-state index contributed by atoms with van der Waals surface area (Å²) in [5, 5.41) is 11.8. The summed E-state index contributed by atoms with van der Waals surface area (Å²) in [5.74, 6) is 1.62. The Morgan fingerprint density at radius 2 is 2.07 bits per heavy atom. The predicted octanol–water partition coefficient (Wildman–Crippen LogP) is 4.97. The highest BCUT2D eigenvalue weighted by molar-refractivity contribution is 8.14. The van der Waals surface area contributed by atoms with Gasteiger partial charge in [0.05, 0.1) is 17.2 Å². The molecule has 0 N–H and O–H groups in total. The smallest absolute Gasteiger partial charge is 0.269 e. The number of thioether (sulfide) groups is 1. The van der Waals surface area contributed by atoms with Gasteiger partial charge in [-0.2, -0.15) is 0 Å². The summed E-state index contributed by atoms with van der Waals surface area (Å²) in [6.07, 6.45) is 1.00. The van der Waals surface area contributed by atoms with E-state index in [0.717, 1.165) is 22.9 Å². The van der Waals surface area contributed by atoms with Crippen molar-refractivity contribution >= 4 is 34.1 Å². The van der Waals surface area contributed by atoms with Crippen LogP contribution >= 0.6 is 11.8 Å². The van der Waals surface area contributed by atoms with Crippen LogP contribution < -0.4 is 0 Å². The van der Waals surface area contributed by atoms with Crippen LogP contribution in [0.3, 0.4) is 0 Å². The fraction of sp³-hybridized carbons (Fsp3) is 0.600. The van der Waals surface area contributed by atoms with Gasteiger partial charge in [0.2, 0.25) is 0 Å². The molecule has 0 radical (unpaired) electrons. The van der Waals surface area contributed by atoms with E-state index in [-0.39, 0.29) is 17.5 Å². The molecule has 0 bridgehead atoms. The lowest BCUT2D eigenvalue weighted by molar-refractivity contribution is -0.384. The Hall–Kier alpha value is -1.89. The van der Waals surface area contributed by atoms with Gasteiger partial charge < -0.3 is 4.90 Å². The molecule has 6 nitrogen and oxygen atoms in total. The number of nitro groups is 1. The van der Waals surface area contributed by atoms with Crippen molar-refractivity contribution < 1.29 is 9.72 Å². The Kier molecular flexibility index (Phi) is 6.68. The van der Waals surface area contributed by atoms with Gasteiger partial charge in [0.1, 0.15) is 0 Å². The van der Waals surface area contributed by atoms with E-state index in [1.54, 1.807) is 17.8 Å². The minimum Gasteiger partial charge on any atom is -0.340 e. The van der Waals surface area contributed by atoms with Crippen molar-refractivity contribution in [1.29, 1.82) is 0 Å². The third kappa shape index (κ3) is 5.54. The number of hydrogen-bond acceptors (Lipinski definition) is 5. The van der Waals surface area contributed by atoms with E-state index in [4.69, 9.17) is 4.99 Å². The number of ketones is 1. The first-order valence-electron chi connectivity index (χ1n) is 9.25. The van der Waals surface area contributed by atoms with Crippen LogP contribution in [-0.2, 0) is 4.79 Å². The lowest BCUT2D eigenvalue weighted by Gasteiger charge is -2.29. The van der Waals surface area contributed by atoms with Crippen molar-refractivity contribution in [1.82, 2.24) is 4.90 Å². The van der Waals surface area contributed by atoms with Gasteiger partial charge in [-0.3, -0.25) is 14.9 Å².